The summed E-state index contributed by atoms with van der Waals surface area (Å²) in [6, 6.07) is 5.85. The van der Waals surface area contributed by atoms with Crippen LogP contribution in [0.25, 0.3) is 0 Å². The number of nitrogens with zero attached hydrogens (tertiary/aromatic N) is 1. The van der Waals surface area contributed by atoms with Crippen molar-refractivity contribution >= 4 is 23.2 Å². The van der Waals surface area contributed by atoms with Crippen LogP contribution in [0.4, 0.5) is 5.69 Å². The largest absolute Gasteiger partial charge is 0.369 e. The number of benzene rings is 1. The smallest absolute Gasteiger partial charge is 0.248 e. The number of halogens is 1. The molecule has 1 heterocycles. The van der Waals surface area contributed by atoms with Gasteiger partial charge >= 0.3 is 0 Å². The van der Waals surface area contributed by atoms with Crippen LogP contribution in [0.3, 0.4) is 0 Å². The maximum Gasteiger partial charge on any atom is 0.248 e. The third-order valence-corrected chi connectivity index (χ3v) is 4.26. The second-order valence-electron chi connectivity index (χ2n) is 5.62. The third kappa shape index (κ3) is 4.35. The second-order valence-corrected chi connectivity index (χ2v) is 6.03. The van der Waals surface area contributed by atoms with Crippen LogP contribution in [0.15, 0.2) is 18.2 Å². The van der Waals surface area contributed by atoms with Gasteiger partial charge in [-0.15, -0.1) is 0 Å². The predicted octanol–water partition coefficient (Wildman–Crippen LogP) is 2.80. The Labute approximate surface area is 131 Å². The summed E-state index contributed by atoms with van der Waals surface area (Å²) in [5.74, 6) is -0.444. The van der Waals surface area contributed by atoms with Crippen molar-refractivity contribution in [2.24, 2.45) is 5.73 Å². The summed E-state index contributed by atoms with van der Waals surface area (Å²) >= 11 is 6.36. The number of nitrogens with two attached hydrogens (primary N) is 1. The van der Waals surface area contributed by atoms with Crippen molar-refractivity contribution in [3.63, 3.8) is 0 Å². The van der Waals surface area contributed by atoms with E-state index in [2.05, 4.69) is 17.1 Å². The zero-order valence-electron chi connectivity index (χ0n) is 12.6. The van der Waals surface area contributed by atoms with E-state index in [0.717, 1.165) is 38.2 Å². The quantitative estimate of drug-likeness (QED) is 0.814. The van der Waals surface area contributed by atoms with Crippen molar-refractivity contribution in [2.45, 2.75) is 38.6 Å². The van der Waals surface area contributed by atoms with Gasteiger partial charge in [-0.2, -0.15) is 0 Å². The number of anilines is 1. The van der Waals surface area contributed by atoms with Crippen LogP contribution in [-0.4, -0.2) is 31.6 Å². The fourth-order valence-electron chi connectivity index (χ4n) is 2.75. The fraction of sp³-hybridized carbons (Fsp3) is 0.562. The summed E-state index contributed by atoms with van der Waals surface area (Å²) in [5, 5.41) is 4.12. The summed E-state index contributed by atoms with van der Waals surface area (Å²) < 4.78 is 0. The Morgan fingerprint density at radius 2 is 2.33 bits per heavy atom. The van der Waals surface area contributed by atoms with Crippen LogP contribution in [0.2, 0.25) is 5.02 Å². The summed E-state index contributed by atoms with van der Waals surface area (Å²) in [7, 11) is 0. The van der Waals surface area contributed by atoms with Crippen molar-refractivity contribution < 1.29 is 4.79 Å². The highest BCUT2D eigenvalue weighted by molar-refractivity contribution is 6.33. The average Bonchev–Trinajstić information content (AvgIpc) is 2.96. The van der Waals surface area contributed by atoms with Gasteiger partial charge in [0.05, 0.1) is 10.7 Å². The van der Waals surface area contributed by atoms with Gasteiger partial charge in [-0.3, -0.25) is 4.79 Å². The molecule has 4 nitrogen and oxygen atoms in total. The minimum atomic E-state index is -0.444. The molecule has 0 saturated carbocycles. The van der Waals surface area contributed by atoms with Crippen LogP contribution in [0, 0.1) is 0 Å². The number of rotatable bonds is 7. The Hall–Kier alpha value is -1.26. The molecule has 1 aromatic carbocycles. The Morgan fingerprint density at radius 3 is 2.90 bits per heavy atom. The van der Waals surface area contributed by atoms with Gasteiger partial charge in [-0.25, -0.2) is 0 Å². The van der Waals surface area contributed by atoms with E-state index in [1.807, 2.05) is 6.07 Å². The zero-order valence-corrected chi connectivity index (χ0v) is 13.3. The van der Waals surface area contributed by atoms with Gasteiger partial charge in [0.25, 0.3) is 0 Å². The van der Waals surface area contributed by atoms with Gasteiger partial charge in [-0.1, -0.05) is 24.9 Å². The molecule has 1 aromatic rings. The predicted molar refractivity (Wildman–Crippen MR) is 88.1 cm³/mol. The van der Waals surface area contributed by atoms with Gasteiger partial charge in [0.2, 0.25) is 5.91 Å². The number of carbonyl (C=O) groups is 1. The van der Waals surface area contributed by atoms with Crippen molar-refractivity contribution in [1.82, 2.24) is 5.32 Å². The summed E-state index contributed by atoms with van der Waals surface area (Å²) in [6.07, 6.45) is 4.71. The first-order chi connectivity index (χ1) is 10.1. The minimum absolute atomic E-state index is 0.444. The molecule has 1 atom stereocenters. The molecule has 21 heavy (non-hydrogen) atoms. The lowest BCUT2D eigenvalue weighted by molar-refractivity contribution is 0.100. The lowest BCUT2D eigenvalue weighted by Crippen LogP contribution is -2.38. The first kappa shape index (κ1) is 16.1. The summed E-state index contributed by atoms with van der Waals surface area (Å²) in [6.45, 7) is 5.21. The van der Waals surface area contributed by atoms with Crippen molar-refractivity contribution in [1.29, 1.82) is 0 Å². The molecular formula is C16H24ClN3O. The molecule has 0 aliphatic carbocycles. The van der Waals surface area contributed by atoms with Crippen molar-refractivity contribution in [3.05, 3.63) is 28.8 Å². The van der Waals surface area contributed by atoms with Crippen LogP contribution in [0.5, 0.6) is 0 Å². The highest BCUT2D eigenvalue weighted by Crippen LogP contribution is 2.28. The SMILES string of the molecule is CCCCN(CC1CCCN1)c1ccc(C(N)=O)cc1Cl. The van der Waals surface area contributed by atoms with Crippen LogP contribution in [0.1, 0.15) is 43.0 Å². The second kappa shape index (κ2) is 7.66. The molecule has 1 amide bonds. The van der Waals surface area contributed by atoms with E-state index in [-0.39, 0.29) is 0 Å². The molecule has 5 heteroatoms. The minimum Gasteiger partial charge on any atom is -0.369 e. The zero-order chi connectivity index (χ0) is 15.2. The van der Waals surface area contributed by atoms with Gasteiger partial charge in [-0.05, 0) is 44.0 Å². The van der Waals surface area contributed by atoms with Crippen LogP contribution >= 0.6 is 11.6 Å². The topological polar surface area (TPSA) is 58.4 Å². The van der Waals surface area contributed by atoms with E-state index >= 15 is 0 Å². The lowest BCUT2D eigenvalue weighted by atomic mass is 10.1. The van der Waals surface area contributed by atoms with E-state index in [1.165, 1.54) is 12.8 Å². The van der Waals surface area contributed by atoms with Gasteiger partial charge in [0.1, 0.15) is 0 Å². The molecule has 0 radical (unpaired) electrons. The first-order valence-electron chi connectivity index (χ1n) is 7.69. The Kier molecular flexibility index (Phi) is 5.88. The number of amides is 1. The van der Waals surface area contributed by atoms with E-state index in [1.54, 1.807) is 12.1 Å². The molecular weight excluding hydrogens is 286 g/mol. The Bertz CT molecular complexity index is 486. The number of hydrogen-bond donors (Lipinski definition) is 2. The molecule has 0 bridgehead atoms. The van der Waals surface area contributed by atoms with E-state index in [9.17, 15) is 4.79 Å². The van der Waals surface area contributed by atoms with Crippen LogP contribution in [-0.2, 0) is 0 Å². The molecule has 1 aliphatic rings. The molecule has 116 valence electrons. The molecule has 1 saturated heterocycles. The molecule has 1 fully saturated rings. The van der Waals surface area contributed by atoms with Crippen molar-refractivity contribution in [2.75, 3.05) is 24.5 Å². The Morgan fingerprint density at radius 1 is 1.52 bits per heavy atom. The lowest BCUT2D eigenvalue weighted by Gasteiger charge is -2.29. The molecule has 1 aliphatic heterocycles. The number of unbranched alkanes of at least 4 members (excludes halogenated alkanes) is 1. The van der Waals surface area contributed by atoms with E-state index < -0.39 is 5.91 Å². The maximum absolute atomic E-state index is 11.2. The maximum atomic E-state index is 11.2. The third-order valence-electron chi connectivity index (χ3n) is 3.96. The Balaban J connectivity index is 2.16. The number of nitrogens with one attached hydrogen (secondary N) is 1. The van der Waals surface area contributed by atoms with Gasteiger partial charge < -0.3 is 16.0 Å². The van der Waals surface area contributed by atoms with Crippen molar-refractivity contribution in [3.8, 4) is 0 Å². The average molecular weight is 310 g/mol. The number of primary amides is 1. The monoisotopic (exact) mass is 309 g/mol. The molecule has 0 aromatic heterocycles. The van der Waals surface area contributed by atoms with Gasteiger partial charge in [0, 0.05) is 24.7 Å². The molecule has 1 unspecified atom stereocenters. The number of hydrogen-bond acceptors (Lipinski definition) is 3. The number of carbonyl (C=O) groups excluding carboxylic acids is 1. The highest BCUT2D eigenvalue weighted by atomic mass is 35.5. The molecule has 2 rings (SSSR count). The highest BCUT2D eigenvalue weighted by Gasteiger charge is 2.19. The van der Waals surface area contributed by atoms with E-state index in [4.69, 9.17) is 17.3 Å². The van der Waals surface area contributed by atoms with Gasteiger partial charge in [0.15, 0.2) is 0 Å². The standard InChI is InChI=1S/C16H24ClN3O/c1-2-3-9-20(11-13-5-4-8-19-13)15-7-6-12(16(18)21)10-14(15)17/h6-7,10,13,19H,2-5,8-9,11H2,1H3,(H2,18,21). The fourth-order valence-corrected chi connectivity index (χ4v) is 3.05. The van der Waals surface area contributed by atoms with E-state index in [0.29, 0.717) is 16.6 Å². The molecule has 3 N–H and O–H groups in total. The molecule has 0 spiro atoms. The summed E-state index contributed by atoms with van der Waals surface area (Å²) in [5.41, 5.74) is 6.75. The normalized spacial score (nSPS) is 17.9. The van der Waals surface area contributed by atoms with Crippen LogP contribution < -0.4 is 16.0 Å². The first-order valence-corrected chi connectivity index (χ1v) is 8.07. The summed E-state index contributed by atoms with van der Waals surface area (Å²) in [4.78, 5) is 13.5.